The van der Waals surface area contributed by atoms with E-state index in [4.69, 9.17) is 0 Å². The van der Waals surface area contributed by atoms with E-state index in [1.54, 1.807) is 0 Å². The molecule has 0 aromatic heterocycles. The first-order chi connectivity index (χ1) is 11.2. The van der Waals surface area contributed by atoms with Crippen molar-refractivity contribution in [3.63, 3.8) is 0 Å². The number of nitrogens with zero attached hydrogens (tertiary/aromatic N) is 1. The summed E-state index contributed by atoms with van der Waals surface area (Å²) >= 11 is 0. The van der Waals surface area contributed by atoms with Crippen LogP contribution in [0.25, 0.3) is 0 Å². The minimum Gasteiger partial charge on any atom is -0.341 e. The fourth-order valence-corrected chi connectivity index (χ4v) is 4.27. The van der Waals surface area contributed by atoms with E-state index in [1.165, 1.54) is 0 Å². The Bertz CT molecular complexity index is 622. The van der Waals surface area contributed by atoms with Crippen LogP contribution in [0.4, 0.5) is 5.69 Å². The summed E-state index contributed by atoms with van der Waals surface area (Å²) < 4.78 is 0. The van der Waals surface area contributed by atoms with Gasteiger partial charge in [0.15, 0.2) is 0 Å². The van der Waals surface area contributed by atoms with Gasteiger partial charge in [0.25, 0.3) is 0 Å². The lowest BCUT2D eigenvalue weighted by atomic mass is 9.80. The molecule has 6 heteroatoms. The predicted octanol–water partition coefficient (Wildman–Crippen LogP) is 2.13. The number of benzene rings is 1. The summed E-state index contributed by atoms with van der Waals surface area (Å²) in [6, 6.07) is 7.99. The molecule has 3 heterocycles. The number of carbonyl (C=O) groups is 2. The summed E-state index contributed by atoms with van der Waals surface area (Å²) in [7, 11) is 0. The lowest BCUT2D eigenvalue weighted by molar-refractivity contribution is -0.134. The van der Waals surface area contributed by atoms with Crippen molar-refractivity contribution in [3.8, 4) is 0 Å². The maximum Gasteiger partial charge on any atom is 0.239 e. The van der Waals surface area contributed by atoms with Crippen LogP contribution >= 0.6 is 12.4 Å². The molecule has 0 aliphatic carbocycles. The lowest BCUT2D eigenvalue weighted by Gasteiger charge is -2.35. The Morgan fingerprint density at radius 1 is 1.12 bits per heavy atom. The van der Waals surface area contributed by atoms with Crippen LogP contribution in [-0.4, -0.2) is 42.4 Å². The van der Waals surface area contributed by atoms with Crippen molar-refractivity contribution in [1.82, 2.24) is 10.2 Å². The van der Waals surface area contributed by atoms with Gasteiger partial charge in [0.1, 0.15) is 0 Å². The Morgan fingerprint density at radius 3 is 2.58 bits per heavy atom. The molecule has 3 aliphatic heterocycles. The number of rotatable bonds is 2. The van der Waals surface area contributed by atoms with Gasteiger partial charge in [-0.15, -0.1) is 12.4 Å². The van der Waals surface area contributed by atoms with E-state index in [-0.39, 0.29) is 36.2 Å². The van der Waals surface area contributed by atoms with E-state index in [1.807, 2.05) is 23.1 Å². The van der Waals surface area contributed by atoms with E-state index in [2.05, 4.69) is 16.7 Å². The van der Waals surface area contributed by atoms with E-state index in [0.717, 1.165) is 56.6 Å². The summed E-state index contributed by atoms with van der Waals surface area (Å²) in [6.07, 6.45) is 3.86. The Hall–Kier alpha value is -1.59. The van der Waals surface area contributed by atoms with E-state index >= 15 is 0 Å². The Balaban J connectivity index is 0.00000169. The van der Waals surface area contributed by atoms with E-state index in [9.17, 15) is 9.59 Å². The third kappa shape index (κ3) is 3.03. The average molecular weight is 350 g/mol. The number of fused-ring (bicyclic) bond motifs is 1. The van der Waals surface area contributed by atoms with Gasteiger partial charge in [-0.2, -0.15) is 0 Å². The Morgan fingerprint density at radius 2 is 1.88 bits per heavy atom. The van der Waals surface area contributed by atoms with Crippen molar-refractivity contribution in [2.45, 2.75) is 37.6 Å². The van der Waals surface area contributed by atoms with Crippen LogP contribution in [0.15, 0.2) is 24.3 Å². The minimum atomic E-state index is -0.0481. The van der Waals surface area contributed by atoms with Crippen molar-refractivity contribution < 1.29 is 9.59 Å². The van der Waals surface area contributed by atoms with Crippen LogP contribution < -0.4 is 10.6 Å². The van der Waals surface area contributed by atoms with Gasteiger partial charge in [0.05, 0.1) is 12.0 Å². The summed E-state index contributed by atoms with van der Waals surface area (Å²) in [5.41, 5.74) is 2.08. The van der Waals surface area contributed by atoms with Crippen molar-refractivity contribution in [2.75, 3.05) is 25.0 Å². The molecule has 4 rings (SSSR count). The zero-order chi connectivity index (χ0) is 15.8. The van der Waals surface area contributed by atoms with Gasteiger partial charge in [-0.25, -0.2) is 0 Å². The number of amides is 2. The monoisotopic (exact) mass is 349 g/mol. The first-order valence-corrected chi connectivity index (χ1v) is 8.66. The van der Waals surface area contributed by atoms with Crippen molar-refractivity contribution in [2.24, 2.45) is 5.92 Å². The zero-order valence-corrected chi connectivity index (χ0v) is 14.5. The largest absolute Gasteiger partial charge is 0.341 e. The second-order valence-electron chi connectivity index (χ2n) is 6.87. The maximum absolute atomic E-state index is 12.5. The summed E-state index contributed by atoms with van der Waals surface area (Å²) in [4.78, 5) is 26.8. The Labute approximate surface area is 148 Å². The van der Waals surface area contributed by atoms with E-state index < -0.39 is 0 Å². The summed E-state index contributed by atoms with van der Waals surface area (Å²) in [5, 5.41) is 6.28. The SMILES string of the molecule is Cl.O=C1Nc2ccccc2C1C1CCN(C(=O)C2CCCN2)CC1. The normalized spacial score (nSPS) is 26.7. The number of para-hydroxylation sites is 1. The van der Waals surface area contributed by atoms with Gasteiger partial charge in [0.2, 0.25) is 11.8 Å². The van der Waals surface area contributed by atoms with Gasteiger partial charge in [-0.05, 0) is 49.8 Å². The molecule has 0 spiro atoms. The molecule has 1 aromatic carbocycles. The van der Waals surface area contributed by atoms with Crippen molar-refractivity contribution in [3.05, 3.63) is 29.8 Å². The van der Waals surface area contributed by atoms with Gasteiger partial charge < -0.3 is 15.5 Å². The molecular formula is C18H24ClN3O2. The second kappa shape index (κ2) is 7.11. The summed E-state index contributed by atoms with van der Waals surface area (Å²) in [5.74, 6) is 0.651. The maximum atomic E-state index is 12.5. The first-order valence-electron chi connectivity index (χ1n) is 8.66. The van der Waals surface area contributed by atoms with E-state index in [0.29, 0.717) is 5.92 Å². The lowest BCUT2D eigenvalue weighted by Crippen LogP contribution is -2.47. The van der Waals surface area contributed by atoms with Crippen LogP contribution in [-0.2, 0) is 9.59 Å². The molecule has 3 aliphatic rings. The molecular weight excluding hydrogens is 326 g/mol. The average Bonchev–Trinajstić information content (AvgIpc) is 3.21. The number of anilines is 1. The fraction of sp³-hybridized carbons (Fsp3) is 0.556. The standard InChI is InChI=1S/C18H23N3O2.ClH/c22-17-16(13-4-1-2-5-14(13)20-17)12-7-10-21(11-8-12)18(23)15-6-3-9-19-15;/h1-2,4-5,12,15-16,19H,3,6-11H2,(H,20,22);1H. The molecule has 0 bridgehead atoms. The third-order valence-corrected chi connectivity index (χ3v) is 5.52. The smallest absolute Gasteiger partial charge is 0.239 e. The van der Waals surface area contributed by atoms with Gasteiger partial charge >= 0.3 is 0 Å². The number of carbonyl (C=O) groups excluding carboxylic acids is 2. The molecule has 2 atom stereocenters. The molecule has 5 nitrogen and oxygen atoms in total. The molecule has 1 aromatic rings. The fourth-order valence-electron chi connectivity index (χ4n) is 4.27. The summed E-state index contributed by atoms with van der Waals surface area (Å²) in [6.45, 7) is 2.49. The predicted molar refractivity (Wildman–Crippen MR) is 95.4 cm³/mol. The van der Waals surface area contributed by atoms with Gasteiger partial charge in [-0.1, -0.05) is 18.2 Å². The molecule has 24 heavy (non-hydrogen) atoms. The molecule has 130 valence electrons. The van der Waals surface area contributed by atoms with Crippen LogP contribution in [0, 0.1) is 5.92 Å². The van der Waals surface area contributed by atoms with Crippen LogP contribution in [0.5, 0.6) is 0 Å². The number of hydrogen-bond donors (Lipinski definition) is 2. The molecule has 2 saturated heterocycles. The van der Waals surface area contributed by atoms with Crippen LogP contribution in [0.3, 0.4) is 0 Å². The highest BCUT2D eigenvalue weighted by molar-refractivity contribution is 6.03. The molecule has 2 fully saturated rings. The zero-order valence-electron chi connectivity index (χ0n) is 13.7. The highest BCUT2D eigenvalue weighted by atomic mass is 35.5. The number of likely N-dealkylation sites (tertiary alicyclic amines) is 1. The van der Waals surface area contributed by atoms with Crippen molar-refractivity contribution in [1.29, 1.82) is 0 Å². The van der Waals surface area contributed by atoms with Crippen LogP contribution in [0.1, 0.15) is 37.2 Å². The first kappa shape index (κ1) is 17.2. The number of nitrogens with one attached hydrogen (secondary N) is 2. The Kier molecular flexibility index (Phi) is 5.11. The van der Waals surface area contributed by atoms with Gasteiger partial charge in [0, 0.05) is 18.8 Å². The number of hydrogen-bond acceptors (Lipinski definition) is 3. The quantitative estimate of drug-likeness (QED) is 0.860. The molecule has 2 unspecified atom stereocenters. The highest BCUT2D eigenvalue weighted by Gasteiger charge is 2.39. The molecule has 0 radical (unpaired) electrons. The molecule has 0 saturated carbocycles. The topological polar surface area (TPSA) is 61.4 Å². The van der Waals surface area contributed by atoms with Crippen molar-refractivity contribution >= 4 is 29.9 Å². The molecule has 2 N–H and O–H groups in total. The minimum absolute atomic E-state index is 0. The second-order valence-corrected chi connectivity index (χ2v) is 6.87. The van der Waals surface area contributed by atoms with Gasteiger partial charge in [-0.3, -0.25) is 9.59 Å². The number of piperidine rings is 1. The van der Waals surface area contributed by atoms with Crippen LogP contribution in [0.2, 0.25) is 0 Å². The number of halogens is 1. The highest BCUT2D eigenvalue weighted by Crippen LogP contribution is 2.41. The third-order valence-electron chi connectivity index (χ3n) is 5.52. The molecule has 2 amide bonds.